The molecule has 1 aromatic heterocycles. The Morgan fingerprint density at radius 2 is 2.19 bits per heavy atom. The number of hydrogen-bond acceptors (Lipinski definition) is 5. The number of sulfonamides is 1. The van der Waals surface area contributed by atoms with Crippen LogP contribution in [0.1, 0.15) is 12.8 Å². The third-order valence-corrected chi connectivity index (χ3v) is 5.36. The zero-order valence-electron chi connectivity index (χ0n) is 8.35. The number of nitrogens with zero attached hydrogens (tertiary/aromatic N) is 1. The second-order valence-electron chi connectivity index (χ2n) is 3.44. The van der Waals surface area contributed by atoms with E-state index in [4.69, 9.17) is 16.3 Å². The first kappa shape index (κ1) is 12.3. The van der Waals surface area contributed by atoms with Crippen LogP contribution in [0.25, 0.3) is 0 Å². The van der Waals surface area contributed by atoms with Gasteiger partial charge in [-0.25, -0.2) is 18.1 Å². The normalized spacial score (nSPS) is 18.8. The lowest BCUT2D eigenvalue weighted by Gasteiger charge is -2.22. The third kappa shape index (κ3) is 2.92. The zero-order valence-corrected chi connectivity index (χ0v) is 10.7. The van der Waals surface area contributed by atoms with Crippen molar-refractivity contribution in [3.63, 3.8) is 0 Å². The maximum Gasteiger partial charge on any atom is 0.251 e. The van der Waals surface area contributed by atoms with Crippen LogP contribution >= 0.6 is 22.9 Å². The minimum absolute atomic E-state index is 0.0559. The number of rotatable bonds is 3. The number of nitrogens with one attached hydrogen (secondary N) is 1. The Morgan fingerprint density at radius 1 is 1.50 bits per heavy atom. The molecule has 2 heterocycles. The fourth-order valence-corrected chi connectivity index (χ4v) is 4.07. The Balaban J connectivity index is 2.07. The van der Waals surface area contributed by atoms with E-state index in [2.05, 4.69) is 9.71 Å². The van der Waals surface area contributed by atoms with Gasteiger partial charge in [0.2, 0.25) is 0 Å². The average Bonchev–Trinajstić information content (AvgIpc) is 2.66. The maximum atomic E-state index is 11.9. The van der Waals surface area contributed by atoms with E-state index < -0.39 is 10.0 Å². The van der Waals surface area contributed by atoms with Gasteiger partial charge in [-0.15, -0.1) is 0 Å². The Kier molecular flexibility index (Phi) is 3.81. The molecular weight excluding hydrogens is 272 g/mol. The topological polar surface area (TPSA) is 68.3 Å². The van der Waals surface area contributed by atoms with Crippen LogP contribution in [0, 0.1) is 0 Å². The van der Waals surface area contributed by atoms with Crippen molar-refractivity contribution < 1.29 is 13.2 Å². The van der Waals surface area contributed by atoms with Crippen molar-refractivity contribution in [1.82, 2.24) is 9.71 Å². The van der Waals surface area contributed by atoms with Crippen molar-refractivity contribution in [3.8, 4) is 0 Å². The van der Waals surface area contributed by atoms with E-state index in [1.54, 1.807) is 0 Å². The summed E-state index contributed by atoms with van der Waals surface area (Å²) < 4.78 is 31.9. The van der Waals surface area contributed by atoms with Crippen LogP contribution in [-0.2, 0) is 14.8 Å². The highest BCUT2D eigenvalue weighted by Crippen LogP contribution is 2.23. The Morgan fingerprint density at radius 3 is 2.75 bits per heavy atom. The largest absolute Gasteiger partial charge is 0.381 e. The molecule has 1 saturated heterocycles. The molecule has 1 fully saturated rings. The first-order valence-electron chi connectivity index (χ1n) is 4.79. The first-order valence-corrected chi connectivity index (χ1v) is 7.47. The van der Waals surface area contributed by atoms with Crippen LogP contribution in [0.5, 0.6) is 0 Å². The molecule has 0 aromatic carbocycles. The molecule has 1 aliphatic heterocycles. The summed E-state index contributed by atoms with van der Waals surface area (Å²) in [7, 11) is -3.47. The Labute approximate surface area is 103 Å². The van der Waals surface area contributed by atoms with E-state index in [0.29, 0.717) is 26.1 Å². The van der Waals surface area contributed by atoms with E-state index in [-0.39, 0.29) is 14.7 Å². The number of thiazole rings is 1. The highest BCUT2D eigenvalue weighted by Gasteiger charge is 2.23. The van der Waals surface area contributed by atoms with Gasteiger partial charge < -0.3 is 4.74 Å². The minimum Gasteiger partial charge on any atom is -0.381 e. The molecule has 0 aliphatic carbocycles. The molecule has 5 nitrogen and oxygen atoms in total. The van der Waals surface area contributed by atoms with Gasteiger partial charge in [0.05, 0.1) is 6.20 Å². The van der Waals surface area contributed by atoms with Crippen molar-refractivity contribution in [2.75, 3.05) is 13.2 Å². The number of halogens is 1. The van der Waals surface area contributed by atoms with E-state index in [1.807, 2.05) is 0 Å². The van der Waals surface area contributed by atoms with Gasteiger partial charge in [0.15, 0.2) is 8.68 Å². The molecule has 0 radical (unpaired) electrons. The summed E-state index contributed by atoms with van der Waals surface area (Å²) in [6.45, 7) is 1.19. The van der Waals surface area contributed by atoms with Gasteiger partial charge >= 0.3 is 0 Å². The maximum absolute atomic E-state index is 11.9. The lowest BCUT2D eigenvalue weighted by Crippen LogP contribution is -2.38. The van der Waals surface area contributed by atoms with Crippen LogP contribution in [0.2, 0.25) is 4.47 Å². The second kappa shape index (κ2) is 4.97. The molecule has 1 aliphatic rings. The summed E-state index contributed by atoms with van der Waals surface area (Å²) in [6.07, 6.45) is 2.67. The molecule has 0 amide bonds. The summed E-state index contributed by atoms with van der Waals surface area (Å²) in [4.78, 5) is 3.72. The minimum atomic E-state index is -3.47. The molecule has 0 atom stereocenters. The molecule has 16 heavy (non-hydrogen) atoms. The Bertz CT molecular complexity index is 454. The molecule has 1 aromatic rings. The number of ether oxygens (including phenoxy) is 1. The van der Waals surface area contributed by atoms with Crippen molar-refractivity contribution in [2.24, 2.45) is 0 Å². The molecule has 2 rings (SSSR count). The highest BCUT2D eigenvalue weighted by molar-refractivity contribution is 7.91. The molecule has 0 unspecified atom stereocenters. The van der Waals surface area contributed by atoms with E-state index in [9.17, 15) is 8.42 Å². The fourth-order valence-electron chi connectivity index (χ4n) is 1.46. The summed E-state index contributed by atoms with van der Waals surface area (Å²) in [6, 6.07) is -0.0559. The summed E-state index contributed by atoms with van der Waals surface area (Å²) >= 11 is 6.56. The standard InChI is InChI=1S/C8H11ClN2O3S2/c9-8-10-5-7(15-8)16(12,13)11-6-1-3-14-4-2-6/h5-6,11H,1-4H2. The monoisotopic (exact) mass is 282 g/mol. The SMILES string of the molecule is O=S(=O)(NC1CCOCC1)c1cnc(Cl)s1. The predicted octanol–water partition coefficient (Wildman–Crippen LogP) is 1.25. The molecular formula is C8H11ClN2O3S2. The van der Waals surface area contributed by atoms with Crippen LogP contribution in [-0.4, -0.2) is 32.7 Å². The summed E-state index contributed by atoms with van der Waals surface area (Å²) in [5.41, 5.74) is 0. The van der Waals surface area contributed by atoms with Gasteiger partial charge in [-0.2, -0.15) is 0 Å². The van der Waals surface area contributed by atoms with Gasteiger partial charge in [0, 0.05) is 19.3 Å². The molecule has 1 N–H and O–H groups in total. The molecule has 0 bridgehead atoms. The second-order valence-corrected chi connectivity index (χ2v) is 6.99. The molecule has 8 heteroatoms. The van der Waals surface area contributed by atoms with Gasteiger partial charge in [0.1, 0.15) is 0 Å². The first-order chi connectivity index (χ1) is 7.58. The lowest BCUT2D eigenvalue weighted by atomic mass is 10.1. The van der Waals surface area contributed by atoms with Crippen molar-refractivity contribution in [2.45, 2.75) is 23.1 Å². The molecule has 90 valence electrons. The van der Waals surface area contributed by atoms with E-state index >= 15 is 0 Å². The average molecular weight is 283 g/mol. The van der Waals surface area contributed by atoms with E-state index in [0.717, 1.165) is 11.3 Å². The quantitative estimate of drug-likeness (QED) is 0.906. The molecule has 0 saturated carbocycles. The van der Waals surface area contributed by atoms with E-state index in [1.165, 1.54) is 6.20 Å². The third-order valence-electron chi connectivity index (χ3n) is 2.26. The van der Waals surface area contributed by atoms with Gasteiger partial charge in [-0.1, -0.05) is 22.9 Å². The number of aromatic nitrogens is 1. The zero-order chi connectivity index (χ0) is 11.6. The van der Waals surface area contributed by atoms with Crippen molar-refractivity contribution in [1.29, 1.82) is 0 Å². The predicted molar refractivity (Wildman–Crippen MR) is 61.3 cm³/mol. The lowest BCUT2D eigenvalue weighted by molar-refractivity contribution is 0.0832. The van der Waals surface area contributed by atoms with Gasteiger partial charge in [0.25, 0.3) is 10.0 Å². The summed E-state index contributed by atoms with van der Waals surface area (Å²) in [5.74, 6) is 0. The molecule has 0 spiro atoms. The van der Waals surface area contributed by atoms with Crippen molar-refractivity contribution in [3.05, 3.63) is 10.7 Å². The summed E-state index contributed by atoms with van der Waals surface area (Å²) in [5, 5.41) is 0. The van der Waals surface area contributed by atoms with Crippen molar-refractivity contribution >= 4 is 33.0 Å². The van der Waals surface area contributed by atoms with Crippen LogP contribution in [0.3, 0.4) is 0 Å². The van der Waals surface area contributed by atoms with Crippen LogP contribution in [0.15, 0.2) is 10.4 Å². The van der Waals surface area contributed by atoms with Gasteiger partial charge in [-0.05, 0) is 12.8 Å². The highest BCUT2D eigenvalue weighted by atomic mass is 35.5. The fraction of sp³-hybridized carbons (Fsp3) is 0.625. The number of hydrogen-bond donors (Lipinski definition) is 1. The Hall–Kier alpha value is -0.210. The van der Waals surface area contributed by atoms with Gasteiger partial charge in [-0.3, -0.25) is 0 Å². The van der Waals surface area contributed by atoms with Crippen LogP contribution < -0.4 is 4.72 Å². The van der Waals surface area contributed by atoms with Crippen LogP contribution in [0.4, 0.5) is 0 Å². The smallest absolute Gasteiger partial charge is 0.251 e.